The normalized spacial score (nSPS) is 11.2. The van der Waals surface area contributed by atoms with Gasteiger partial charge in [-0.2, -0.15) is 0 Å². The van der Waals surface area contributed by atoms with E-state index >= 15 is 0 Å². The monoisotopic (exact) mass is 254 g/mol. The van der Waals surface area contributed by atoms with Crippen LogP contribution in [0.4, 0.5) is 0 Å². The molecule has 0 aliphatic rings. The maximum absolute atomic E-state index is 10.1. The molecule has 1 heterocycles. The molecule has 102 valence electrons. The number of unbranched alkanes of at least 4 members (excludes halogenated alkanes) is 1. The lowest BCUT2D eigenvalue weighted by molar-refractivity contribution is -0.138. The van der Waals surface area contributed by atoms with Gasteiger partial charge in [-0.25, -0.2) is 4.98 Å². The summed E-state index contributed by atoms with van der Waals surface area (Å²) in [6.07, 6.45) is 8.35. The first-order valence-corrected chi connectivity index (χ1v) is 5.89. The number of aromatic amines is 1. The minimum absolute atomic E-state index is 0.520. The number of hydrogen-bond donors (Lipinski definition) is 4. The Morgan fingerprint density at radius 2 is 2.33 bits per heavy atom. The van der Waals surface area contributed by atoms with Gasteiger partial charge in [0, 0.05) is 18.8 Å². The van der Waals surface area contributed by atoms with Crippen molar-refractivity contribution >= 4 is 5.97 Å². The SMILES string of the molecule is C=CCc1ncc[nH]1.NCCCCC(N)C(=O)O. The molecule has 0 spiro atoms. The molecule has 0 saturated carbocycles. The molecule has 6 N–H and O–H groups in total. The number of carboxylic acids is 1. The summed E-state index contributed by atoms with van der Waals surface area (Å²) in [5, 5.41) is 8.33. The van der Waals surface area contributed by atoms with Crippen LogP contribution in [0.5, 0.6) is 0 Å². The molecule has 18 heavy (non-hydrogen) atoms. The number of hydrogen-bond acceptors (Lipinski definition) is 4. The molecule has 0 aromatic carbocycles. The van der Waals surface area contributed by atoms with Crippen molar-refractivity contribution < 1.29 is 9.90 Å². The fraction of sp³-hybridized carbons (Fsp3) is 0.500. The highest BCUT2D eigenvalue weighted by Gasteiger charge is 2.09. The Morgan fingerprint density at radius 3 is 2.78 bits per heavy atom. The number of allylic oxidation sites excluding steroid dienone is 1. The van der Waals surface area contributed by atoms with Crippen molar-refractivity contribution in [3.63, 3.8) is 0 Å². The van der Waals surface area contributed by atoms with Crippen molar-refractivity contribution in [3.05, 3.63) is 30.9 Å². The molecule has 6 heteroatoms. The second kappa shape index (κ2) is 10.5. The van der Waals surface area contributed by atoms with E-state index in [2.05, 4.69) is 16.5 Å². The van der Waals surface area contributed by atoms with Crippen LogP contribution < -0.4 is 11.5 Å². The largest absolute Gasteiger partial charge is 0.480 e. The van der Waals surface area contributed by atoms with Crippen molar-refractivity contribution in [2.24, 2.45) is 11.5 Å². The molecule has 0 saturated heterocycles. The Balaban J connectivity index is 0.000000327. The zero-order chi connectivity index (χ0) is 13.8. The number of aromatic nitrogens is 2. The van der Waals surface area contributed by atoms with E-state index in [-0.39, 0.29) is 0 Å². The van der Waals surface area contributed by atoms with Gasteiger partial charge in [0.1, 0.15) is 11.9 Å². The lowest BCUT2D eigenvalue weighted by atomic mass is 10.1. The van der Waals surface area contributed by atoms with Gasteiger partial charge in [0.2, 0.25) is 0 Å². The summed E-state index contributed by atoms with van der Waals surface area (Å²) in [6, 6.07) is -0.716. The number of imidazole rings is 1. The van der Waals surface area contributed by atoms with Gasteiger partial charge in [0.25, 0.3) is 0 Å². The smallest absolute Gasteiger partial charge is 0.320 e. The van der Waals surface area contributed by atoms with Crippen LogP contribution in [0.2, 0.25) is 0 Å². The molecule has 0 fully saturated rings. The van der Waals surface area contributed by atoms with Gasteiger partial charge in [-0.05, 0) is 19.4 Å². The number of rotatable bonds is 7. The molecule has 0 aliphatic carbocycles. The molecule has 0 amide bonds. The summed E-state index contributed by atoms with van der Waals surface area (Å²) in [5.41, 5.74) is 10.4. The third kappa shape index (κ3) is 8.49. The van der Waals surface area contributed by atoms with Crippen LogP contribution in [0.25, 0.3) is 0 Å². The Hall–Kier alpha value is -1.66. The van der Waals surface area contributed by atoms with Gasteiger partial charge in [-0.3, -0.25) is 4.79 Å². The summed E-state index contributed by atoms with van der Waals surface area (Å²) < 4.78 is 0. The lowest BCUT2D eigenvalue weighted by Gasteiger charge is -2.03. The number of carboxylic acid groups (broad SMARTS) is 1. The van der Waals surface area contributed by atoms with E-state index in [9.17, 15) is 4.79 Å². The van der Waals surface area contributed by atoms with Crippen molar-refractivity contribution in [2.75, 3.05) is 6.54 Å². The molecule has 0 radical (unpaired) electrons. The molecular weight excluding hydrogens is 232 g/mol. The highest BCUT2D eigenvalue weighted by atomic mass is 16.4. The fourth-order valence-corrected chi connectivity index (χ4v) is 1.18. The van der Waals surface area contributed by atoms with E-state index in [1.165, 1.54) is 0 Å². The van der Waals surface area contributed by atoms with Crippen LogP contribution in [0.15, 0.2) is 25.0 Å². The fourth-order valence-electron chi connectivity index (χ4n) is 1.18. The predicted molar refractivity (Wildman–Crippen MR) is 71.0 cm³/mol. The van der Waals surface area contributed by atoms with Crippen LogP contribution in [0.1, 0.15) is 25.1 Å². The first-order valence-electron chi connectivity index (χ1n) is 5.89. The number of carbonyl (C=O) groups is 1. The van der Waals surface area contributed by atoms with Crippen molar-refractivity contribution in [1.82, 2.24) is 9.97 Å². The van der Waals surface area contributed by atoms with Gasteiger partial charge >= 0.3 is 5.97 Å². The third-order valence-corrected chi connectivity index (χ3v) is 2.18. The predicted octanol–water partition coefficient (Wildman–Crippen LogP) is 0.666. The van der Waals surface area contributed by atoms with Crippen LogP contribution in [-0.2, 0) is 11.2 Å². The van der Waals surface area contributed by atoms with E-state index in [4.69, 9.17) is 16.6 Å². The number of nitrogens with zero attached hydrogens (tertiary/aromatic N) is 1. The highest BCUT2D eigenvalue weighted by molar-refractivity contribution is 5.72. The molecular formula is C12H22N4O2. The molecule has 0 aliphatic heterocycles. The molecule has 1 rings (SSSR count). The minimum Gasteiger partial charge on any atom is -0.480 e. The van der Waals surface area contributed by atoms with Crippen LogP contribution in [0, 0.1) is 0 Å². The second-order valence-corrected chi connectivity index (χ2v) is 3.76. The Labute approximate surface area is 107 Å². The third-order valence-electron chi connectivity index (χ3n) is 2.18. The van der Waals surface area contributed by atoms with Crippen LogP contribution in [0.3, 0.4) is 0 Å². The van der Waals surface area contributed by atoms with Gasteiger partial charge in [0.05, 0.1) is 0 Å². The van der Waals surface area contributed by atoms with Gasteiger partial charge in [-0.1, -0.05) is 12.5 Å². The Bertz CT molecular complexity index is 325. The van der Waals surface area contributed by atoms with Crippen molar-refractivity contribution in [2.45, 2.75) is 31.7 Å². The van der Waals surface area contributed by atoms with Crippen molar-refractivity contribution in [1.29, 1.82) is 0 Å². The lowest BCUT2D eigenvalue weighted by Crippen LogP contribution is -2.29. The van der Waals surface area contributed by atoms with Crippen LogP contribution >= 0.6 is 0 Å². The summed E-state index contributed by atoms with van der Waals surface area (Å²) in [7, 11) is 0. The van der Waals surface area contributed by atoms with Gasteiger partial charge in [-0.15, -0.1) is 6.58 Å². The average Bonchev–Trinajstić information content (AvgIpc) is 2.83. The first kappa shape index (κ1) is 16.3. The zero-order valence-electron chi connectivity index (χ0n) is 10.5. The highest BCUT2D eigenvalue weighted by Crippen LogP contribution is 1.96. The standard InChI is InChI=1S/C6H14N2O2.C6H8N2/c7-4-2-1-3-5(8)6(9)10;1-2-3-6-7-4-5-8-6/h5H,1-4,7-8H2,(H,9,10);2,4-5H,1,3H2,(H,7,8). The quantitative estimate of drug-likeness (QED) is 0.421. The molecule has 1 atom stereocenters. The summed E-state index contributed by atoms with van der Waals surface area (Å²) in [4.78, 5) is 17.1. The molecule has 1 unspecified atom stereocenters. The maximum Gasteiger partial charge on any atom is 0.320 e. The molecule has 1 aromatic rings. The number of aliphatic carboxylic acids is 1. The number of nitrogens with one attached hydrogen (secondary N) is 1. The van der Waals surface area contributed by atoms with E-state index in [0.29, 0.717) is 13.0 Å². The van der Waals surface area contributed by atoms with E-state index in [1.807, 2.05) is 6.08 Å². The van der Waals surface area contributed by atoms with Crippen molar-refractivity contribution in [3.8, 4) is 0 Å². The molecule has 0 bridgehead atoms. The van der Waals surface area contributed by atoms with Gasteiger partial charge in [0.15, 0.2) is 0 Å². The summed E-state index contributed by atoms with van der Waals surface area (Å²) >= 11 is 0. The number of nitrogens with two attached hydrogens (primary N) is 2. The number of H-pyrrole nitrogens is 1. The van der Waals surface area contributed by atoms with E-state index in [0.717, 1.165) is 25.1 Å². The summed E-state index contributed by atoms with van der Waals surface area (Å²) in [6.45, 7) is 4.18. The maximum atomic E-state index is 10.1. The Kier molecular flexibility index (Phi) is 9.52. The van der Waals surface area contributed by atoms with Crippen LogP contribution in [-0.4, -0.2) is 33.6 Å². The molecule has 1 aromatic heterocycles. The average molecular weight is 254 g/mol. The zero-order valence-corrected chi connectivity index (χ0v) is 10.5. The second-order valence-electron chi connectivity index (χ2n) is 3.76. The Morgan fingerprint density at radius 1 is 1.61 bits per heavy atom. The minimum atomic E-state index is -0.933. The first-order chi connectivity index (χ1) is 8.61. The van der Waals surface area contributed by atoms with Gasteiger partial charge < -0.3 is 21.6 Å². The topological polar surface area (TPSA) is 118 Å². The summed E-state index contributed by atoms with van der Waals surface area (Å²) in [5.74, 6) is 0.0389. The van der Waals surface area contributed by atoms with E-state index < -0.39 is 12.0 Å². The van der Waals surface area contributed by atoms with E-state index in [1.54, 1.807) is 12.4 Å². The molecule has 6 nitrogen and oxygen atoms in total.